The van der Waals surface area contributed by atoms with Crippen LogP contribution in [0.15, 0.2) is 41.8 Å². The van der Waals surface area contributed by atoms with E-state index in [-0.39, 0.29) is 5.11 Å². The molecule has 22 heavy (non-hydrogen) atoms. The lowest BCUT2D eigenvalue weighted by Gasteiger charge is -2.01. The Labute approximate surface area is 141 Å². The van der Waals surface area contributed by atoms with E-state index in [1.54, 1.807) is 12.4 Å². The lowest BCUT2D eigenvalue weighted by molar-refractivity contribution is 0.848. The van der Waals surface area contributed by atoms with Gasteiger partial charge in [-0.25, -0.2) is 4.98 Å². The van der Waals surface area contributed by atoms with Gasteiger partial charge in [0.1, 0.15) is 0 Å². The van der Waals surface area contributed by atoms with Crippen LogP contribution in [-0.2, 0) is 6.54 Å². The van der Waals surface area contributed by atoms with Crippen LogP contribution < -0.4 is 11.2 Å². The number of hydrogen-bond acceptors (Lipinski definition) is 4. The second-order valence-electron chi connectivity index (χ2n) is 4.54. The van der Waals surface area contributed by atoms with E-state index in [9.17, 15) is 0 Å². The van der Waals surface area contributed by atoms with Crippen LogP contribution in [0, 0.1) is 0 Å². The Morgan fingerprint density at radius 2 is 2.32 bits per heavy atom. The van der Waals surface area contributed by atoms with Crippen molar-refractivity contribution in [2.45, 2.75) is 6.54 Å². The summed E-state index contributed by atoms with van der Waals surface area (Å²) in [5, 5.41) is 5.27. The van der Waals surface area contributed by atoms with Crippen LogP contribution in [0.1, 0.15) is 10.4 Å². The van der Waals surface area contributed by atoms with E-state index >= 15 is 0 Å². The fourth-order valence-electron chi connectivity index (χ4n) is 2.20. The summed E-state index contributed by atoms with van der Waals surface area (Å²) in [4.78, 5) is 5.17. The van der Waals surface area contributed by atoms with E-state index in [1.807, 2.05) is 24.4 Å². The highest BCUT2D eigenvalue weighted by Crippen LogP contribution is 2.24. The van der Waals surface area contributed by atoms with Crippen LogP contribution in [0.4, 0.5) is 0 Å². The minimum Gasteiger partial charge on any atom is -0.375 e. The predicted molar refractivity (Wildman–Crippen MR) is 95.7 cm³/mol. The number of thiazole rings is 1. The third-order valence-corrected chi connectivity index (χ3v) is 4.24. The van der Waals surface area contributed by atoms with Gasteiger partial charge in [-0.1, -0.05) is 29.8 Å². The van der Waals surface area contributed by atoms with Gasteiger partial charge in [0, 0.05) is 33.7 Å². The van der Waals surface area contributed by atoms with E-state index in [2.05, 4.69) is 26.1 Å². The summed E-state index contributed by atoms with van der Waals surface area (Å²) in [5.74, 6) is 0. The Hall–Kier alpha value is -1.96. The van der Waals surface area contributed by atoms with Crippen molar-refractivity contribution in [1.82, 2.24) is 15.0 Å². The quantitative estimate of drug-likeness (QED) is 0.431. The van der Waals surface area contributed by atoms with Gasteiger partial charge in [0.15, 0.2) is 9.58 Å². The van der Waals surface area contributed by atoms with Crippen LogP contribution >= 0.6 is 35.2 Å². The number of rotatable bonds is 4. The van der Waals surface area contributed by atoms with Crippen LogP contribution in [0.25, 0.3) is 10.9 Å². The summed E-state index contributed by atoms with van der Waals surface area (Å²) >= 11 is 12.1. The standard InChI is InChI=1S/C14H12ClN5S2/c15-13-17-6-10(22-13)8-20-7-9(5-18-19-14(16)21)11-3-1-2-4-12(11)20/h1-7H,8H2,(H3,16,19,21). The van der Waals surface area contributed by atoms with Crippen molar-refractivity contribution in [3.05, 3.63) is 51.6 Å². The maximum absolute atomic E-state index is 5.89. The number of nitrogens with two attached hydrogens (primary N) is 1. The van der Waals surface area contributed by atoms with Gasteiger partial charge < -0.3 is 10.3 Å². The summed E-state index contributed by atoms with van der Waals surface area (Å²) in [6, 6.07) is 8.12. The van der Waals surface area contributed by atoms with Crippen LogP contribution in [0.5, 0.6) is 0 Å². The zero-order chi connectivity index (χ0) is 15.5. The Bertz CT molecular complexity index is 852. The number of nitrogens with one attached hydrogen (secondary N) is 1. The molecule has 3 rings (SSSR count). The molecule has 3 N–H and O–H groups in total. The number of hydrogen-bond donors (Lipinski definition) is 2. The predicted octanol–water partition coefficient (Wildman–Crippen LogP) is 2.97. The summed E-state index contributed by atoms with van der Waals surface area (Å²) in [6.07, 6.45) is 5.53. The monoisotopic (exact) mass is 349 g/mol. The number of benzene rings is 1. The molecule has 0 aliphatic rings. The summed E-state index contributed by atoms with van der Waals surface area (Å²) in [7, 11) is 0. The molecular weight excluding hydrogens is 338 g/mol. The van der Waals surface area contributed by atoms with E-state index in [0.717, 1.165) is 21.3 Å². The van der Waals surface area contributed by atoms with Crippen molar-refractivity contribution < 1.29 is 0 Å². The number of fused-ring (bicyclic) bond motifs is 1. The first-order valence-corrected chi connectivity index (χ1v) is 8.00. The largest absolute Gasteiger partial charge is 0.375 e. The molecule has 0 aliphatic carbocycles. The molecule has 1 aromatic carbocycles. The number of aromatic nitrogens is 2. The maximum Gasteiger partial charge on any atom is 0.184 e. The molecule has 0 bridgehead atoms. The summed E-state index contributed by atoms with van der Waals surface area (Å²) < 4.78 is 2.69. The highest BCUT2D eigenvalue weighted by Gasteiger charge is 2.08. The molecule has 0 atom stereocenters. The molecule has 3 aromatic rings. The van der Waals surface area contributed by atoms with Gasteiger partial charge in [-0.3, -0.25) is 5.43 Å². The van der Waals surface area contributed by atoms with Gasteiger partial charge in [-0.05, 0) is 18.3 Å². The third-order valence-electron chi connectivity index (χ3n) is 3.05. The summed E-state index contributed by atoms with van der Waals surface area (Å²) in [6.45, 7) is 0.710. The Balaban J connectivity index is 1.96. The van der Waals surface area contributed by atoms with Crippen LogP contribution in [0.3, 0.4) is 0 Å². The third kappa shape index (κ3) is 3.27. The van der Waals surface area contributed by atoms with Crippen molar-refractivity contribution >= 4 is 57.4 Å². The molecule has 0 saturated heterocycles. The molecule has 112 valence electrons. The molecule has 2 heterocycles. The molecular formula is C14H12ClN5S2. The minimum atomic E-state index is 0.138. The average Bonchev–Trinajstić information content (AvgIpc) is 3.04. The molecule has 2 aromatic heterocycles. The van der Waals surface area contributed by atoms with Crippen molar-refractivity contribution in [1.29, 1.82) is 0 Å². The smallest absolute Gasteiger partial charge is 0.184 e. The summed E-state index contributed by atoms with van der Waals surface area (Å²) in [5.41, 5.74) is 10.0. The number of hydrazone groups is 1. The topological polar surface area (TPSA) is 68.2 Å². The molecule has 0 amide bonds. The van der Waals surface area contributed by atoms with Crippen molar-refractivity contribution in [3.8, 4) is 0 Å². The van der Waals surface area contributed by atoms with Crippen molar-refractivity contribution in [2.75, 3.05) is 0 Å². The molecule has 5 nitrogen and oxygen atoms in total. The zero-order valence-electron chi connectivity index (χ0n) is 11.4. The Morgan fingerprint density at radius 3 is 3.05 bits per heavy atom. The molecule has 0 radical (unpaired) electrons. The van der Waals surface area contributed by atoms with Gasteiger partial charge in [0.05, 0.1) is 12.8 Å². The molecule has 0 unspecified atom stereocenters. The van der Waals surface area contributed by atoms with Gasteiger partial charge in [-0.2, -0.15) is 5.10 Å². The van der Waals surface area contributed by atoms with E-state index in [0.29, 0.717) is 11.0 Å². The lowest BCUT2D eigenvalue weighted by Crippen LogP contribution is -2.23. The zero-order valence-corrected chi connectivity index (χ0v) is 13.8. The Kier molecular flexibility index (Phi) is 4.37. The van der Waals surface area contributed by atoms with Gasteiger partial charge in [-0.15, -0.1) is 11.3 Å². The van der Waals surface area contributed by atoms with E-state index < -0.39 is 0 Å². The van der Waals surface area contributed by atoms with Gasteiger partial charge in [0.25, 0.3) is 0 Å². The lowest BCUT2D eigenvalue weighted by atomic mass is 10.2. The van der Waals surface area contributed by atoms with Crippen LogP contribution in [-0.4, -0.2) is 20.9 Å². The van der Waals surface area contributed by atoms with Gasteiger partial charge >= 0.3 is 0 Å². The second kappa shape index (κ2) is 6.43. The number of nitrogens with zero attached hydrogens (tertiary/aromatic N) is 3. The highest BCUT2D eigenvalue weighted by molar-refractivity contribution is 7.80. The molecule has 0 spiro atoms. The van der Waals surface area contributed by atoms with Crippen molar-refractivity contribution in [2.24, 2.45) is 10.8 Å². The number of thiocarbonyl (C=S) groups is 1. The van der Waals surface area contributed by atoms with Crippen molar-refractivity contribution in [3.63, 3.8) is 0 Å². The first-order chi connectivity index (χ1) is 10.6. The van der Waals surface area contributed by atoms with Crippen LogP contribution in [0.2, 0.25) is 4.47 Å². The second-order valence-corrected chi connectivity index (χ2v) is 6.68. The highest BCUT2D eigenvalue weighted by atomic mass is 35.5. The SMILES string of the molecule is NC(=S)NN=Cc1cn(Cc2cnc(Cl)s2)c2ccccc12. The first-order valence-electron chi connectivity index (χ1n) is 6.40. The minimum absolute atomic E-state index is 0.138. The first kappa shape index (κ1) is 15.0. The fraction of sp³-hybridized carbons (Fsp3) is 0.0714. The number of halogens is 1. The van der Waals surface area contributed by atoms with E-state index in [1.165, 1.54) is 11.3 Å². The molecule has 0 saturated carbocycles. The van der Waals surface area contributed by atoms with Gasteiger partial charge in [0.2, 0.25) is 0 Å². The maximum atomic E-state index is 5.89. The normalized spacial score (nSPS) is 11.3. The van der Waals surface area contributed by atoms with E-state index in [4.69, 9.17) is 29.6 Å². The molecule has 8 heteroatoms. The Morgan fingerprint density at radius 1 is 1.50 bits per heavy atom. The average molecular weight is 350 g/mol. The molecule has 0 fully saturated rings. The number of para-hydroxylation sites is 1. The molecule has 0 aliphatic heterocycles. The fourth-order valence-corrected chi connectivity index (χ4v) is 3.23.